The molecule has 106 valence electrons. The number of nitrogens with two attached hydrogens (primary N) is 1. The van der Waals surface area contributed by atoms with Crippen molar-refractivity contribution in [1.29, 1.82) is 0 Å². The Bertz CT molecular complexity index is 692. The summed E-state index contributed by atoms with van der Waals surface area (Å²) in [5.74, 6) is 0. The van der Waals surface area contributed by atoms with Gasteiger partial charge in [-0.2, -0.15) is 0 Å². The number of hydrogen-bond acceptors (Lipinski definition) is 3. The van der Waals surface area contributed by atoms with E-state index in [0.29, 0.717) is 5.69 Å². The molecule has 4 nitrogen and oxygen atoms in total. The predicted octanol–water partition coefficient (Wildman–Crippen LogP) is 2.62. The zero-order chi connectivity index (χ0) is 14.8. The molecule has 20 heavy (non-hydrogen) atoms. The Balaban J connectivity index is 2.34. The Labute approximate surface area is 119 Å². The number of sulfonamides is 1. The van der Waals surface area contributed by atoms with Crippen molar-refractivity contribution in [3.05, 3.63) is 48.5 Å². The van der Waals surface area contributed by atoms with Crippen molar-refractivity contribution in [2.45, 2.75) is 24.8 Å². The van der Waals surface area contributed by atoms with Gasteiger partial charge in [-0.15, -0.1) is 0 Å². The lowest BCUT2D eigenvalue weighted by molar-refractivity contribution is 0.570. The summed E-state index contributed by atoms with van der Waals surface area (Å²) in [6.07, 6.45) is 0. The van der Waals surface area contributed by atoms with E-state index in [9.17, 15) is 8.42 Å². The molecule has 0 aliphatic heterocycles. The Kier molecular flexibility index (Phi) is 4.11. The first-order chi connectivity index (χ1) is 9.40. The molecule has 3 N–H and O–H groups in total. The summed E-state index contributed by atoms with van der Waals surface area (Å²) in [7, 11) is -3.45. The fourth-order valence-electron chi connectivity index (χ4n) is 1.95. The second-order valence-electron chi connectivity index (χ2n) is 4.89. The number of benzene rings is 2. The highest BCUT2D eigenvalue weighted by Gasteiger charge is 2.15. The lowest BCUT2D eigenvalue weighted by atomic mass is 10.0. The third kappa shape index (κ3) is 3.18. The van der Waals surface area contributed by atoms with Gasteiger partial charge in [-0.25, -0.2) is 13.1 Å². The molecule has 0 amide bonds. The van der Waals surface area contributed by atoms with Gasteiger partial charge in [-0.1, -0.05) is 30.3 Å². The molecule has 0 saturated heterocycles. The molecule has 0 heterocycles. The topological polar surface area (TPSA) is 72.2 Å². The lowest BCUT2D eigenvalue weighted by Crippen LogP contribution is -2.30. The highest BCUT2D eigenvalue weighted by atomic mass is 32.2. The van der Waals surface area contributed by atoms with Crippen LogP contribution in [0.4, 0.5) is 5.69 Å². The fourth-order valence-corrected chi connectivity index (χ4v) is 3.20. The summed E-state index contributed by atoms with van der Waals surface area (Å²) in [5, 5.41) is 0. The summed E-state index contributed by atoms with van der Waals surface area (Å²) >= 11 is 0. The molecule has 0 saturated carbocycles. The van der Waals surface area contributed by atoms with Crippen molar-refractivity contribution < 1.29 is 8.42 Å². The summed E-state index contributed by atoms with van der Waals surface area (Å²) in [6, 6.07) is 14.1. The summed E-state index contributed by atoms with van der Waals surface area (Å²) < 4.78 is 26.6. The minimum absolute atomic E-state index is 0.135. The first-order valence-electron chi connectivity index (χ1n) is 6.37. The van der Waals surface area contributed by atoms with Crippen LogP contribution in [-0.4, -0.2) is 14.5 Å². The van der Waals surface area contributed by atoms with Crippen LogP contribution >= 0.6 is 0 Å². The molecule has 0 unspecified atom stereocenters. The molecule has 0 aliphatic carbocycles. The quantitative estimate of drug-likeness (QED) is 0.850. The molecular weight excluding hydrogens is 272 g/mol. The van der Waals surface area contributed by atoms with Crippen LogP contribution in [0.3, 0.4) is 0 Å². The van der Waals surface area contributed by atoms with E-state index in [4.69, 9.17) is 5.73 Å². The highest BCUT2D eigenvalue weighted by Crippen LogP contribution is 2.26. The van der Waals surface area contributed by atoms with Gasteiger partial charge < -0.3 is 5.73 Å². The van der Waals surface area contributed by atoms with E-state index in [1.165, 1.54) is 0 Å². The number of anilines is 1. The SMILES string of the molecule is CC(C)NS(=O)(=O)c1ccc(-c2ccccc2N)cc1. The van der Waals surface area contributed by atoms with Gasteiger partial charge in [0.15, 0.2) is 0 Å². The maximum atomic E-state index is 12.0. The molecule has 0 bridgehead atoms. The van der Waals surface area contributed by atoms with Crippen LogP contribution < -0.4 is 10.5 Å². The third-order valence-electron chi connectivity index (χ3n) is 2.83. The van der Waals surface area contributed by atoms with Gasteiger partial charge in [0.2, 0.25) is 10.0 Å². The number of rotatable bonds is 4. The van der Waals surface area contributed by atoms with Crippen molar-refractivity contribution in [2.75, 3.05) is 5.73 Å². The van der Waals surface area contributed by atoms with E-state index in [2.05, 4.69) is 4.72 Å². The van der Waals surface area contributed by atoms with Crippen LogP contribution in [0.5, 0.6) is 0 Å². The Morgan fingerprint density at radius 2 is 1.60 bits per heavy atom. The molecule has 0 aliphatic rings. The molecule has 0 radical (unpaired) electrons. The van der Waals surface area contributed by atoms with E-state index < -0.39 is 10.0 Å². The molecule has 0 fully saturated rings. The van der Waals surface area contributed by atoms with Crippen LogP contribution in [-0.2, 0) is 10.0 Å². The summed E-state index contributed by atoms with van der Waals surface area (Å²) in [4.78, 5) is 0.254. The molecule has 0 aromatic heterocycles. The van der Waals surface area contributed by atoms with E-state index >= 15 is 0 Å². The summed E-state index contributed by atoms with van der Waals surface area (Å²) in [5.41, 5.74) is 8.37. The molecule has 5 heteroatoms. The molecule has 0 atom stereocenters. The monoisotopic (exact) mass is 290 g/mol. The zero-order valence-electron chi connectivity index (χ0n) is 11.5. The Morgan fingerprint density at radius 3 is 2.15 bits per heavy atom. The van der Waals surface area contributed by atoms with Gasteiger partial charge >= 0.3 is 0 Å². The normalized spacial score (nSPS) is 11.8. The van der Waals surface area contributed by atoms with E-state index in [0.717, 1.165) is 11.1 Å². The van der Waals surface area contributed by atoms with Gasteiger partial charge in [0.25, 0.3) is 0 Å². The summed E-state index contributed by atoms with van der Waals surface area (Å²) in [6.45, 7) is 3.58. The highest BCUT2D eigenvalue weighted by molar-refractivity contribution is 7.89. The van der Waals surface area contributed by atoms with Crippen molar-refractivity contribution in [2.24, 2.45) is 0 Å². The predicted molar refractivity (Wildman–Crippen MR) is 81.7 cm³/mol. The largest absolute Gasteiger partial charge is 0.398 e. The molecular formula is C15H18N2O2S. The standard InChI is InChI=1S/C15H18N2O2S/c1-11(2)17-20(18,19)13-9-7-12(8-10-13)14-5-3-4-6-15(14)16/h3-11,17H,16H2,1-2H3. The van der Waals surface area contributed by atoms with Crippen molar-refractivity contribution in [3.8, 4) is 11.1 Å². The van der Waals surface area contributed by atoms with Gasteiger partial charge in [-0.3, -0.25) is 0 Å². The van der Waals surface area contributed by atoms with Crippen molar-refractivity contribution in [1.82, 2.24) is 4.72 Å². The number of nitrogens with one attached hydrogen (secondary N) is 1. The molecule has 2 aromatic rings. The van der Waals surface area contributed by atoms with Crippen LogP contribution in [0, 0.1) is 0 Å². The van der Waals surface area contributed by atoms with Gasteiger partial charge in [0.05, 0.1) is 4.90 Å². The maximum Gasteiger partial charge on any atom is 0.240 e. The third-order valence-corrected chi connectivity index (χ3v) is 4.50. The average Bonchev–Trinajstić information content (AvgIpc) is 2.38. The number of para-hydroxylation sites is 1. The minimum atomic E-state index is -3.45. The van der Waals surface area contributed by atoms with E-state index in [1.54, 1.807) is 38.1 Å². The zero-order valence-corrected chi connectivity index (χ0v) is 12.3. The van der Waals surface area contributed by atoms with Crippen LogP contribution in [0.15, 0.2) is 53.4 Å². The van der Waals surface area contributed by atoms with E-state index in [1.807, 2.05) is 24.3 Å². The fraction of sp³-hybridized carbons (Fsp3) is 0.200. The van der Waals surface area contributed by atoms with E-state index in [-0.39, 0.29) is 10.9 Å². The second kappa shape index (κ2) is 5.64. The van der Waals surface area contributed by atoms with Gasteiger partial charge in [-0.05, 0) is 37.6 Å². The maximum absolute atomic E-state index is 12.0. The molecule has 2 aromatic carbocycles. The van der Waals surface area contributed by atoms with Crippen molar-refractivity contribution in [3.63, 3.8) is 0 Å². The van der Waals surface area contributed by atoms with Crippen molar-refractivity contribution >= 4 is 15.7 Å². The molecule has 0 spiro atoms. The smallest absolute Gasteiger partial charge is 0.240 e. The van der Waals surface area contributed by atoms with Crippen LogP contribution in [0.2, 0.25) is 0 Å². The minimum Gasteiger partial charge on any atom is -0.398 e. The Hall–Kier alpha value is -1.85. The number of nitrogen functional groups attached to an aromatic ring is 1. The lowest BCUT2D eigenvalue weighted by Gasteiger charge is -2.10. The van der Waals surface area contributed by atoms with Gasteiger partial charge in [0.1, 0.15) is 0 Å². The van der Waals surface area contributed by atoms with Crippen LogP contribution in [0.1, 0.15) is 13.8 Å². The second-order valence-corrected chi connectivity index (χ2v) is 6.60. The first-order valence-corrected chi connectivity index (χ1v) is 7.86. The van der Waals surface area contributed by atoms with Gasteiger partial charge in [0, 0.05) is 17.3 Å². The molecule has 2 rings (SSSR count). The first kappa shape index (κ1) is 14.6. The Morgan fingerprint density at radius 1 is 1.00 bits per heavy atom. The number of hydrogen-bond donors (Lipinski definition) is 2. The average molecular weight is 290 g/mol. The van der Waals surface area contributed by atoms with Crippen LogP contribution in [0.25, 0.3) is 11.1 Å².